The number of amides is 2. The largest absolute Gasteiger partial charge is 0.480 e. The van der Waals surface area contributed by atoms with E-state index in [1.165, 1.54) is 4.90 Å². The summed E-state index contributed by atoms with van der Waals surface area (Å²) in [5, 5.41) is 15.0. The van der Waals surface area contributed by atoms with Gasteiger partial charge in [-0.3, -0.25) is 18.9 Å². The predicted octanol–water partition coefficient (Wildman–Crippen LogP) is 2.92. The standard InChI is InChI=1S/C25H32N3O6P/c1-2-34-35(33,27-22-14-9-15-28(25(22)32)17-23(29)30)18-21(16-19-10-5-3-6-11-19)26-24(31)20-12-7-4-8-13-20/h3-8,10-13,21-22H,2,9,14-18H2,1H3,(H,26,31)(H,27,33)(H,29,30)/t21?,22-,35?/m0/s1. The van der Waals surface area contributed by atoms with Gasteiger partial charge >= 0.3 is 5.97 Å². The van der Waals surface area contributed by atoms with Crippen LogP contribution in [-0.4, -0.2) is 65.7 Å². The van der Waals surface area contributed by atoms with Crippen molar-refractivity contribution >= 4 is 25.3 Å². The third-order valence-corrected chi connectivity index (χ3v) is 8.01. The lowest BCUT2D eigenvalue weighted by molar-refractivity contribution is -0.146. The Balaban J connectivity index is 1.79. The molecule has 9 nitrogen and oxygen atoms in total. The van der Waals surface area contributed by atoms with Gasteiger partial charge in [0.2, 0.25) is 5.91 Å². The Kier molecular flexibility index (Phi) is 9.60. The molecule has 0 aliphatic carbocycles. The number of benzene rings is 2. The Morgan fingerprint density at radius 1 is 1.14 bits per heavy atom. The van der Waals surface area contributed by atoms with E-state index in [0.29, 0.717) is 31.4 Å². The molecule has 3 atom stereocenters. The molecule has 0 bridgehead atoms. The molecule has 1 fully saturated rings. The van der Waals surface area contributed by atoms with Crippen molar-refractivity contribution in [2.24, 2.45) is 0 Å². The summed E-state index contributed by atoms with van der Waals surface area (Å²) in [6.07, 6.45) is 1.39. The molecule has 2 unspecified atom stereocenters. The van der Waals surface area contributed by atoms with E-state index in [2.05, 4.69) is 10.4 Å². The first-order chi connectivity index (χ1) is 16.8. The van der Waals surface area contributed by atoms with E-state index in [9.17, 15) is 18.9 Å². The monoisotopic (exact) mass is 501 g/mol. The Morgan fingerprint density at radius 2 is 1.80 bits per heavy atom. The lowest BCUT2D eigenvalue weighted by atomic mass is 10.1. The van der Waals surface area contributed by atoms with Gasteiger partial charge in [-0.2, -0.15) is 0 Å². The highest BCUT2D eigenvalue weighted by atomic mass is 31.2. The summed E-state index contributed by atoms with van der Waals surface area (Å²) in [6, 6.07) is 16.9. The van der Waals surface area contributed by atoms with Gasteiger partial charge in [-0.05, 0) is 43.9 Å². The normalized spacial score (nSPS) is 18.5. The Bertz CT molecular complexity index is 1050. The average molecular weight is 502 g/mol. The van der Waals surface area contributed by atoms with Gasteiger partial charge in [-0.1, -0.05) is 48.5 Å². The van der Waals surface area contributed by atoms with Crippen LogP contribution in [0.15, 0.2) is 60.7 Å². The lowest BCUT2D eigenvalue weighted by Gasteiger charge is -2.34. The number of aliphatic carboxylic acids is 1. The maximum Gasteiger partial charge on any atom is 0.323 e. The molecule has 0 radical (unpaired) electrons. The van der Waals surface area contributed by atoms with Crippen molar-refractivity contribution in [2.45, 2.75) is 38.3 Å². The number of carbonyl (C=O) groups is 3. The molecular formula is C25H32N3O6P. The zero-order chi connectivity index (χ0) is 25.3. The van der Waals surface area contributed by atoms with Crippen molar-refractivity contribution in [1.29, 1.82) is 0 Å². The fourth-order valence-corrected chi connectivity index (χ4v) is 6.39. The Labute approximate surface area is 205 Å². The summed E-state index contributed by atoms with van der Waals surface area (Å²) in [5.41, 5.74) is 1.44. The van der Waals surface area contributed by atoms with Crippen LogP contribution in [0.25, 0.3) is 0 Å². The van der Waals surface area contributed by atoms with Crippen LogP contribution < -0.4 is 10.4 Å². The zero-order valence-corrected chi connectivity index (χ0v) is 20.7. The fourth-order valence-electron chi connectivity index (χ4n) is 4.18. The molecule has 1 saturated heterocycles. The zero-order valence-electron chi connectivity index (χ0n) is 19.8. The molecule has 188 valence electrons. The van der Waals surface area contributed by atoms with E-state index in [1.54, 1.807) is 31.2 Å². The van der Waals surface area contributed by atoms with Gasteiger partial charge in [0.25, 0.3) is 13.4 Å². The van der Waals surface area contributed by atoms with Gasteiger partial charge in [-0.15, -0.1) is 0 Å². The Hall–Kier alpha value is -3.00. The Morgan fingerprint density at radius 3 is 2.43 bits per heavy atom. The van der Waals surface area contributed by atoms with Gasteiger partial charge < -0.3 is 19.8 Å². The molecule has 0 aromatic heterocycles. The lowest BCUT2D eigenvalue weighted by Crippen LogP contribution is -2.52. The van der Waals surface area contributed by atoms with E-state index < -0.39 is 38.0 Å². The molecule has 1 aliphatic heterocycles. The highest BCUT2D eigenvalue weighted by Gasteiger charge is 2.37. The van der Waals surface area contributed by atoms with Crippen molar-refractivity contribution in [3.05, 3.63) is 71.8 Å². The first-order valence-electron chi connectivity index (χ1n) is 11.7. The van der Waals surface area contributed by atoms with Gasteiger partial charge in [0.1, 0.15) is 6.54 Å². The molecule has 35 heavy (non-hydrogen) atoms. The number of piperidine rings is 1. The van der Waals surface area contributed by atoms with E-state index in [4.69, 9.17) is 9.63 Å². The molecule has 1 heterocycles. The predicted molar refractivity (Wildman–Crippen MR) is 132 cm³/mol. The summed E-state index contributed by atoms with van der Waals surface area (Å²) in [4.78, 5) is 38.1. The smallest absolute Gasteiger partial charge is 0.323 e. The molecule has 2 aromatic rings. The van der Waals surface area contributed by atoms with Gasteiger partial charge in [-0.25, -0.2) is 5.09 Å². The number of hydrogen-bond donors (Lipinski definition) is 3. The third-order valence-electron chi connectivity index (χ3n) is 5.70. The number of carboxylic acid groups (broad SMARTS) is 1. The molecule has 0 spiro atoms. The molecule has 3 N–H and O–H groups in total. The average Bonchev–Trinajstić information content (AvgIpc) is 2.82. The van der Waals surface area contributed by atoms with E-state index in [1.807, 2.05) is 36.4 Å². The second-order valence-electron chi connectivity index (χ2n) is 8.48. The summed E-state index contributed by atoms with van der Waals surface area (Å²) >= 11 is 0. The van der Waals surface area contributed by atoms with Crippen molar-refractivity contribution in [3.63, 3.8) is 0 Å². The number of nitrogens with zero attached hydrogens (tertiary/aromatic N) is 1. The topological polar surface area (TPSA) is 125 Å². The SMILES string of the molecule is CCOP(=O)(CC(Cc1ccccc1)NC(=O)c1ccccc1)N[C@H]1CCCN(CC(=O)O)C1=O. The fraction of sp³-hybridized carbons (Fsp3) is 0.400. The second-order valence-corrected chi connectivity index (χ2v) is 10.7. The maximum atomic E-state index is 13.9. The van der Waals surface area contributed by atoms with Crippen LogP contribution in [0.1, 0.15) is 35.7 Å². The first kappa shape index (κ1) is 26.6. The molecule has 0 saturated carbocycles. The third kappa shape index (κ3) is 8.02. The van der Waals surface area contributed by atoms with Gasteiger partial charge in [0.15, 0.2) is 0 Å². The highest BCUT2D eigenvalue weighted by molar-refractivity contribution is 7.57. The molecule has 10 heteroatoms. The van der Waals surface area contributed by atoms with Crippen molar-refractivity contribution in [2.75, 3.05) is 25.9 Å². The van der Waals surface area contributed by atoms with Crippen LogP contribution in [0, 0.1) is 0 Å². The number of nitrogens with one attached hydrogen (secondary N) is 2. The summed E-state index contributed by atoms with van der Waals surface area (Å²) in [7, 11) is -3.59. The van der Waals surface area contributed by atoms with Gasteiger partial charge in [0.05, 0.1) is 18.8 Å². The van der Waals surface area contributed by atoms with Crippen molar-refractivity contribution in [3.8, 4) is 0 Å². The summed E-state index contributed by atoms with van der Waals surface area (Å²) in [6.45, 7) is 1.79. The van der Waals surface area contributed by atoms with Crippen LogP contribution in [-0.2, 0) is 25.1 Å². The van der Waals surface area contributed by atoms with Crippen molar-refractivity contribution in [1.82, 2.24) is 15.3 Å². The first-order valence-corrected chi connectivity index (χ1v) is 13.5. The molecule has 2 aromatic carbocycles. The van der Waals surface area contributed by atoms with Crippen LogP contribution in [0.5, 0.6) is 0 Å². The van der Waals surface area contributed by atoms with E-state index in [-0.39, 0.29) is 18.7 Å². The van der Waals surface area contributed by atoms with Crippen LogP contribution in [0.4, 0.5) is 0 Å². The molecular weight excluding hydrogens is 469 g/mol. The second kappa shape index (κ2) is 12.6. The number of hydrogen-bond acceptors (Lipinski definition) is 5. The number of likely N-dealkylation sites (tertiary alicyclic amines) is 1. The summed E-state index contributed by atoms with van der Waals surface area (Å²) < 4.78 is 19.6. The number of carbonyl (C=O) groups excluding carboxylic acids is 2. The van der Waals surface area contributed by atoms with E-state index >= 15 is 0 Å². The van der Waals surface area contributed by atoms with Gasteiger partial charge in [0, 0.05) is 18.2 Å². The van der Waals surface area contributed by atoms with Crippen LogP contribution in [0.2, 0.25) is 0 Å². The number of rotatable bonds is 12. The minimum absolute atomic E-state index is 0.0307. The van der Waals surface area contributed by atoms with E-state index in [0.717, 1.165) is 5.56 Å². The minimum Gasteiger partial charge on any atom is -0.480 e. The van der Waals surface area contributed by atoms with Crippen LogP contribution in [0.3, 0.4) is 0 Å². The van der Waals surface area contributed by atoms with Crippen molar-refractivity contribution < 1.29 is 28.6 Å². The molecule has 1 aliphatic rings. The maximum absolute atomic E-state index is 13.9. The number of carboxylic acids is 1. The quantitative estimate of drug-likeness (QED) is 0.382. The molecule has 3 rings (SSSR count). The van der Waals surface area contributed by atoms with Crippen LogP contribution >= 0.6 is 7.52 Å². The minimum atomic E-state index is -3.59. The summed E-state index contributed by atoms with van der Waals surface area (Å²) in [5.74, 6) is -1.80. The molecule has 2 amide bonds. The highest BCUT2D eigenvalue weighted by Crippen LogP contribution is 2.44.